The summed E-state index contributed by atoms with van der Waals surface area (Å²) < 4.78 is 5.74. The summed E-state index contributed by atoms with van der Waals surface area (Å²) in [6.07, 6.45) is 1.59. The Kier molecular flexibility index (Phi) is 7.33. The molecule has 1 fully saturated rings. The highest BCUT2D eigenvalue weighted by Crippen LogP contribution is 2.20. The molecule has 3 heteroatoms. The second-order valence-corrected chi connectivity index (χ2v) is 6.63. The molecule has 0 amide bonds. The Morgan fingerprint density at radius 2 is 1.89 bits per heavy atom. The van der Waals surface area contributed by atoms with Crippen molar-refractivity contribution in [3.63, 3.8) is 0 Å². The maximum Gasteiger partial charge on any atom is 0.0597 e. The van der Waals surface area contributed by atoms with Crippen LogP contribution in [-0.4, -0.2) is 49.3 Å². The van der Waals surface area contributed by atoms with Gasteiger partial charge in [-0.3, -0.25) is 4.90 Å². The van der Waals surface area contributed by atoms with Crippen molar-refractivity contribution in [3.05, 3.63) is 0 Å². The minimum atomic E-state index is 0.339. The van der Waals surface area contributed by atoms with Crippen LogP contribution in [0, 0.1) is 11.8 Å². The molecule has 0 aliphatic carbocycles. The second kappa shape index (κ2) is 8.23. The zero-order valence-electron chi connectivity index (χ0n) is 13.8. The zero-order valence-corrected chi connectivity index (χ0v) is 13.8. The van der Waals surface area contributed by atoms with E-state index < -0.39 is 0 Å². The van der Waals surface area contributed by atoms with Gasteiger partial charge in [0.2, 0.25) is 0 Å². The quantitative estimate of drug-likeness (QED) is 0.770. The van der Waals surface area contributed by atoms with Crippen LogP contribution in [0.3, 0.4) is 0 Å². The van der Waals surface area contributed by atoms with Crippen LogP contribution in [0.2, 0.25) is 0 Å². The van der Waals surface area contributed by atoms with Crippen LogP contribution in [0.15, 0.2) is 0 Å². The number of hydrogen-bond donors (Lipinski definition) is 1. The molecule has 0 saturated carbocycles. The predicted molar refractivity (Wildman–Crippen MR) is 82.5 cm³/mol. The van der Waals surface area contributed by atoms with E-state index in [1.54, 1.807) is 0 Å². The lowest BCUT2D eigenvalue weighted by atomic mass is 9.92. The Balaban J connectivity index is 2.55. The fraction of sp³-hybridized carbons (Fsp3) is 1.00. The first-order valence-corrected chi connectivity index (χ1v) is 8.04. The van der Waals surface area contributed by atoms with Gasteiger partial charge in [0.05, 0.1) is 12.7 Å². The fourth-order valence-corrected chi connectivity index (χ4v) is 2.80. The average molecular weight is 270 g/mol. The molecule has 0 aromatic heterocycles. The molecule has 0 spiro atoms. The average Bonchev–Trinajstić information content (AvgIpc) is 2.37. The lowest BCUT2D eigenvalue weighted by molar-refractivity contribution is 0.0204. The van der Waals surface area contributed by atoms with Crippen LogP contribution in [-0.2, 0) is 4.74 Å². The third-order valence-electron chi connectivity index (χ3n) is 4.42. The summed E-state index contributed by atoms with van der Waals surface area (Å²) in [6, 6.07) is 1.29. The van der Waals surface area contributed by atoms with Crippen molar-refractivity contribution in [2.45, 2.75) is 66.2 Å². The molecule has 1 N–H and O–H groups in total. The predicted octanol–water partition coefficient (Wildman–Crippen LogP) is 2.76. The molecule has 0 aromatic rings. The summed E-state index contributed by atoms with van der Waals surface area (Å²) in [5.41, 5.74) is 0. The van der Waals surface area contributed by atoms with Gasteiger partial charge in [0, 0.05) is 31.7 Å². The van der Waals surface area contributed by atoms with Gasteiger partial charge in [-0.25, -0.2) is 0 Å². The van der Waals surface area contributed by atoms with Gasteiger partial charge in [-0.15, -0.1) is 0 Å². The third-order valence-corrected chi connectivity index (χ3v) is 4.42. The van der Waals surface area contributed by atoms with Crippen molar-refractivity contribution in [2.24, 2.45) is 11.8 Å². The second-order valence-electron chi connectivity index (χ2n) is 6.63. The van der Waals surface area contributed by atoms with Crippen molar-refractivity contribution in [1.29, 1.82) is 0 Å². The van der Waals surface area contributed by atoms with Gasteiger partial charge in [0.25, 0.3) is 0 Å². The topological polar surface area (TPSA) is 24.5 Å². The van der Waals surface area contributed by atoms with Gasteiger partial charge in [-0.05, 0) is 25.7 Å². The van der Waals surface area contributed by atoms with E-state index in [1.165, 1.54) is 6.42 Å². The van der Waals surface area contributed by atoms with Crippen LogP contribution < -0.4 is 5.32 Å². The molecule has 3 atom stereocenters. The van der Waals surface area contributed by atoms with E-state index in [9.17, 15) is 0 Å². The van der Waals surface area contributed by atoms with Crippen molar-refractivity contribution >= 4 is 0 Å². The first kappa shape index (κ1) is 16.9. The highest BCUT2D eigenvalue weighted by atomic mass is 16.5. The standard InChI is InChI=1S/C16H34N2O/c1-7-14(6)16-10-17-15(12(2)3)11-18(16)8-9-19-13(4)5/h12-17H,7-11H2,1-6H3. The fourth-order valence-electron chi connectivity index (χ4n) is 2.80. The van der Waals surface area contributed by atoms with Gasteiger partial charge in [-0.2, -0.15) is 0 Å². The highest BCUT2D eigenvalue weighted by Gasteiger charge is 2.31. The largest absolute Gasteiger partial charge is 0.377 e. The van der Waals surface area contributed by atoms with E-state index in [0.717, 1.165) is 32.2 Å². The van der Waals surface area contributed by atoms with E-state index >= 15 is 0 Å². The number of ether oxygens (including phenoxy) is 1. The Morgan fingerprint density at radius 1 is 1.21 bits per heavy atom. The molecular formula is C16H34N2O. The number of piperazine rings is 1. The first-order valence-electron chi connectivity index (χ1n) is 8.04. The van der Waals surface area contributed by atoms with E-state index in [-0.39, 0.29) is 0 Å². The molecule has 0 radical (unpaired) electrons. The van der Waals surface area contributed by atoms with Crippen LogP contribution in [0.5, 0.6) is 0 Å². The molecule has 0 bridgehead atoms. The first-order chi connectivity index (χ1) is 8.95. The SMILES string of the molecule is CCC(C)C1CNC(C(C)C)CN1CCOC(C)C. The van der Waals surface area contributed by atoms with Crippen LogP contribution in [0.1, 0.15) is 48.0 Å². The van der Waals surface area contributed by atoms with Gasteiger partial charge < -0.3 is 10.1 Å². The lowest BCUT2D eigenvalue weighted by Crippen LogP contribution is -2.60. The third kappa shape index (κ3) is 5.41. The molecule has 3 nitrogen and oxygen atoms in total. The Labute approximate surface area is 120 Å². The van der Waals surface area contributed by atoms with Crippen LogP contribution in [0.4, 0.5) is 0 Å². The van der Waals surface area contributed by atoms with Crippen molar-refractivity contribution < 1.29 is 4.74 Å². The lowest BCUT2D eigenvalue weighted by Gasteiger charge is -2.44. The molecule has 1 aliphatic rings. The summed E-state index contributed by atoms with van der Waals surface area (Å²) in [7, 11) is 0. The van der Waals surface area contributed by atoms with Crippen LogP contribution in [0.25, 0.3) is 0 Å². The highest BCUT2D eigenvalue weighted by molar-refractivity contribution is 4.89. The molecule has 0 aromatic carbocycles. The molecule has 3 unspecified atom stereocenters. The summed E-state index contributed by atoms with van der Waals surface area (Å²) in [6.45, 7) is 17.7. The van der Waals surface area contributed by atoms with Crippen LogP contribution >= 0.6 is 0 Å². The van der Waals surface area contributed by atoms with Crippen molar-refractivity contribution in [3.8, 4) is 0 Å². The molecule has 1 rings (SSSR count). The maximum atomic E-state index is 5.74. The monoisotopic (exact) mass is 270 g/mol. The summed E-state index contributed by atoms with van der Waals surface area (Å²) >= 11 is 0. The van der Waals surface area contributed by atoms with Crippen molar-refractivity contribution in [1.82, 2.24) is 10.2 Å². The number of rotatable bonds is 7. The Hall–Kier alpha value is -0.120. The normalized spacial score (nSPS) is 27.2. The van der Waals surface area contributed by atoms with E-state index in [0.29, 0.717) is 24.1 Å². The number of nitrogens with one attached hydrogen (secondary N) is 1. The summed E-state index contributed by atoms with van der Waals surface area (Å²) in [5.74, 6) is 1.45. The van der Waals surface area contributed by atoms with Gasteiger partial charge in [0.1, 0.15) is 0 Å². The molecule has 1 aliphatic heterocycles. The van der Waals surface area contributed by atoms with E-state index in [4.69, 9.17) is 4.74 Å². The van der Waals surface area contributed by atoms with Crippen molar-refractivity contribution in [2.75, 3.05) is 26.2 Å². The molecule has 1 saturated heterocycles. The zero-order chi connectivity index (χ0) is 14.4. The number of hydrogen-bond acceptors (Lipinski definition) is 3. The van der Waals surface area contributed by atoms with E-state index in [2.05, 4.69) is 51.8 Å². The molecule has 114 valence electrons. The van der Waals surface area contributed by atoms with E-state index in [1.807, 2.05) is 0 Å². The van der Waals surface area contributed by atoms with Gasteiger partial charge in [-0.1, -0.05) is 34.1 Å². The molecular weight excluding hydrogens is 236 g/mol. The summed E-state index contributed by atoms with van der Waals surface area (Å²) in [4.78, 5) is 2.65. The molecule has 1 heterocycles. The van der Waals surface area contributed by atoms with Gasteiger partial charge in [0.15, 0.2) is 0 Å². The minimum Gasteiger partial charge on any atom is -0.377 e. The molecule has 19 heavy (non-hydrogen) atoms. The smallest absolute Gasteiger partial charge is 0.0597 e. The Morgan fingerprint density at radius 3 is 2.42 bits per heavy atom. The minimum absolute atomic E-state index is 0.339. The summed E-state index contributed by atoms with van der Waals surface area (Å²) in [5, 5.41) is 3.73. The Bertz CT molecular complexity index is 243. The number of nitrogens with zero attached hydrogens (tertiary/aromatic N) is 1. The maximum absolute atomic E-state index is 5.74. The van der Waals surface area contributed by atoms with Gasteiger partial charge >= 0.3 is 0 Å².